The molecule has 1 rings (SSSR count). The predicted molar refractivity (Wildman–Crippen MR) is 61.0 cm³/mol. The maximum Gasteiger partial charge on any atom is 0.226 e. The number of H-pyrrole nitrogens is 1. The van der Waals surface area contributed by atoms with Crippen LogP contribution in [0.4, 0.5) is 0 Å². The Hall–Kier alpha value is -1.36. The Morgan fingerprint density at radius 1 is 1.69 bits per heavy atom. The average Bonchev–Trinajstić information content (AvgIpc) is 2.60. The van der Waals surface area contributed by atoms with Crippen LogP contribution >= 0.6 is 0 Å². The van der Waals surface area contributed by atoms with Gasteiger partial charge >= 0.3 is 0 Å². The van der Waals surface area contributed by atoms with Crippen molar-refractivity contribution in [3.8, 4) is 0 Å². The first kappa shape index (κ1) is 12.7. The van der Waals surface area contributed by atoms with Crippen LogP contribution in [0.25, 0.3) is 0 Å². The number of hydrogen-bond donors (Lipinski definition) is 3. The summed E-state index contributed by atoms with van der Waals surface area (Å²) in [7, 11) is 0. The number of aliphatic hydroxyl groups excluding tert-OH is 1. The molecule has 1 unspecified atom stereocenters. The summed E-state index contributed by atoms with van der Waals surface area (Å²) in [6.07, 6.45) is 1.80. The molecule has 0 saturated heterocycles. The van der Waals surface area contributed by atoms with Gasteiger partial charge in [-0.2, -0.15) is 5.10 Å². The van der Waals surface area contributed by atoms with Crippen molar-refractivity contribution in [3.05, 3.63) is 17.5 Å². The summed E-state index contributed by atoms with van der Waals surface area (Å²) >= 11 is 0. The lowest BCUT2D eigenvalue weighted by atomic mass is 10.2. The number of amides is 1. The molecule has 1 aromatic heterocycles. The number of nitrogens with one attached hydrogen (secondary N) is 2. The molecule has 0 bridgehead atoms. The Kier molecular flexibility index (Phi) is 4.98. The Morgan fingerprint density at radius 3 is 3.00 bits per heavy atom. The molecule has 0 spiro atoms. The van der Waals surface area contributed by atoms with Gasteiger partial charge in [-0.05, 0) is 32.8 Å². The zero-order chi connectivity index (χ0) is 12.0. The maximum atomic E-state index is 11.6. The molecule has 3 N–H and O–H groups in total. The van der Waals surface area contributed by atoms with Gasteiger partial charge in [0.25, 0.3) is 0 Å². The molecule has 5 heteroatoms. The molecule has 1 amide bonds. The second kappa shape index (κ2) is 6.27. The van der Waals surface area contributed by atoms with E-state index in [0.29, 0.717) is 12.8 Å². The third-order valence-electron chi connectivity index (χ3n) is 2.30. The van der Waals surface area contributed by atoms with E-state index in [4.69, 9.17) is 5.11 Å². The molecule has 16 heavy (non-hydrogen) atoms. The second-order valence-corrected chi connectivity index (χ2v) is 4.05. The second-order valence-electron chi connectivity index (χ2n) is 4.05. The fourth-order valence-corrected chi connectivity index (χ4v) is 1.53. The number of rotatable bonds is 6. The molecule has 0 aliphatic rings. The van der Waals surface area contributed by atoms with Crippen LogP contribution in [-0.2, 0) is 11.2 Å². The third kappa shape index (κ3) is 4.44. The lowest BCUT2D eigenvalue weighted by Gasteiger charge is -2.12. The molecular formula is C11H19N3O2. The van der Waals surface area contributed by atoms with E-state index < -0.39 is 0 Å². The van der Waals surface area contributed by atoms with E-state index >= 15 is 0 Å². The van der Waals surface area contributed by atoms with E-state index in [1.165, 1.54) is 0 Å². The van der Waals surface area contributed by atoms with Crippen LogP contribution in [0.3, 0.4) is 0 Å². The molecule has 5 nitrogen and oxygen atoms in total. The summed E-state index contributed by atoms with van der Waals surface area (Å²) < 4.78 is 0. The molecule has 90 valence electrons. The van der Waals surface area contributed by atoms with Crippen molar-refractivity contribution in [1.82, 2.24) is 15.5 Å². The van der Waals surface area contributed by atoms with Gasteiger partial charge in [-0.15, -0.1) is 0 Å². The molecule has 0 fully saturated rings. The highest BCUT2D eigenvalue weighted by Gasteiger charge is 2.09. The highest BCUT2D eigenvalue weighted by atomic mass is 16.2. The van der Waals surface area contributed by atoms with Crippen molar-refractivity contribution < 1.29 is 9.90 Å². The van der Waals surface area contributed by atoms with E-state index in [9.17, 15) is 4.79 Å². The zero-order valence-corrected chi connectivity index (χ0v) is 9.79. The van der Waals surface area contributed by atoms with Gasteiger partial charge in [0.15, 0.2) is 0 Å². The van der Waals surface area contributed by atoms with Gasteiger partial charge in [0.2, 0.25) is 5.91 Å². The van der Waals surface area contributed by atoms with E-state index in [-0.39, 0.29) is 18.6 Å². The molecule has 1 aromatic rings. The van der Waals surface area contributed by atoms with Gasteiger partial charge in [-0.25, -0.2) is 0 Å². The molecule has 1 atom stereocenters. The normalized spacial score (nSPS) is 12.4. The molecule has 0 radical (unpaired) electrons. The standard InChI is InChI=1S/C11H19N3O2/c1-8(4-3-5-15)12-11(16)7-10-6-9(2)13-14-10/h6,8,15H,3-5,7H2,1-2H3,(H,12,16)(H,13,14). The number of aromatic amines is 1. The number of nitrogens with zero attached hydrogens (tertiary/aromatic N) is 1. The highest BCUT2D eigenvalue weighted by Crippen LogP contribution is 2.00. The monoisotopic (exact) mass is 225 g/mol. The topological polar surface area (TPSA) is 78.0 Å². The van der Waals surface area contributed by atoms with Crippen LogP contribution in [0.1, 0.15) is 31.2 Å². The quantitative estimate of drug-likeness (QED) is 0.661. The summed E-state index contributed by atoms with van der Waals surface area (Å²) in [4.78, 5) is 11.6. The van der Waals surface area contributed by atoms with Crippen LogP contribution < -0.4 is 5.32 Å². The fourth-order valence-electron chi connectivity index (χ4n) is 1.53. The first-order chi connectivity index (χ1) is 7.61. The van der Waals surface area contributed by atoms with Crippen LogP contribution in [0.15, 0.2) is 6.07 Å². The molecular weight excluding hydrogens is 206 g/mol. The highest BCUT2D eigenvalue weighted by molar-refractivity contribution is 5.78. The summed E-state index contributed by atoms with van der Waals surface area (Å²) in [5, 5.41) is 18.3. The number of aryl methyl sites for hydroxylation is 1. The zero-order valence-electron chi connectivity index (χ0n) is 9.79. The van der Waals surface area contributed by atoms with Crippen LogP contribution in [0.5, 0.6) is 0 Å². The van der Waals surface area contributed by atoms with Crippen molar-refractivity contribution in [3.63, 3.8) is 0 Å². The van der Waals surface area contributed by atoms with Gasteiger partial charge in [0.1, 0.15) is 0 Å². The van der Waals surface area contributed by atoms with Crippen molar-refractivity contribution in [2.45, 2.75) is 39.2 Å². The number of carbonyl (C=O) groups excluding carboxylic acids is 1. The van der Waals surface area contributed by atoms with Crippen molar-refractivity contribution in [1.29, 1.82) is 0 Å². The van der Waals surface area contributed by atoms with Crippen LogP contribution in [0.2, 0.25) is 0 Å². The maximum absolute atomic E-state index is 11.6. The summed E-state index contributed by atoms with van der Waals surface area (Å²) in [6, 6.07) is 1.96. The Bertz CT molecular complexity index is 336. The molecule has 0 saturated carbocycles. The van der Waals surface area contributed by atoms with Gasteiger partial charge in [0, 0.05) is 18.3 Å². The first-order valence-corrected chi connectivity index (χ1v) is 5.53. The summed E-state index contributed by atoms with van der Waals surface area (Å²) in [5.41, 5.74) is 1.71. The van der Waals surface area contributed by atoms with Gasteiger partial charge in [-0.3, -0.25) is 9.89 Å². The minimum atomic E-state index is -0.0306. The number of hydrogen-bond acceptors (Lipinski definition) is 3. The van der Waals surface area contributed by atoms with Gasteiger partial charge in [0.05, 0.1) is 12.1 Å². The van der Waals surface area contributed by atoms with E-state index in [1.807, 2.05) is 19.9 Å². The minimum Gasteiger partial charge on any atom is -0.396 e. The van der Waals surface area contributed by atoms with Crippen LogP contribution in [-0.4, -0.2) is 33.9 Å². The minimum absolute atomic E-state index is 0.0306. The predicted octanol–water partition coefficient (Wildman–Crippen LogP) is 0.538. The van der Waals surface area contributed by atoms with Gasteiger partial charge < -0.3 is 10.4 Å². The van der Waals surface area contributed by atoms with Crippen LogP contribution in [0, 0.1) is 6.92 Å². The average molecular weight is 225 g/mol. The molecule has 0 aromatic carbocycles. The van der Waals surface area contributed by atoms with E-state index in [0.717, 1.165) is 17.8 Å². The summed E-state index contributed by atoms with van der Waals surface area (Å²) in [6.45, 7) is 4.00. The smallest absolute Gasteiger partial charge is 0.226 e. The van der Waals surface area contributed by atoms with E-state index in [2.05, 4.69) is 15.5 Å². The Balaban J connectivity index is 2.30. The lowest BCUT2D eigenvalue weighted by Crippen LogP contribution is -2.33. The Labute approximate surface area is 95.3 Å². The summed E-state index contributed by atoms with van der Waals surface area (Å²) in [5.74, 6) is -0.0306. The molecule has 1 heterocycles. The number of carbonyl (C=O) groups is 1. The Morgan fingerprint density at radius 2 is 2.44 bits per heavy atom. The van der Waals surface area contributed by atoms with Gasteiger partial charge in [-0.1, -0.05) is 0 Å². The van der Waals surface area contributed by atoms with Crippen molar-refractivity contribution in [2.24, 2.45) is 0 Å². The largest absolute Gasteiger partial charge is 0.396 e. The third-order valence-corrected chi connectivity index (χ3v) is 2.30. The first-order valence-electron chi connectivity index (χ1n) is 5.53. The molecule has 0 aliphatic heterocycles. The SMILES string of the molecule is Cc1cc(CC(=O)NC(C)CCCO)n[nH]1. The van der Waals surface area contributed by atoms with E-state index in [1.54, 1.807) is 0 Å². The van der Waals surface area contributed by atoms with Crippen molar-refractivity contribution >= 4 is 5.91 Å². The number of aliphatic hydroxyl groups is 1. The van der Waals surface area contributed by atoms with Crippen molar-refractivity contribution in [2.75, 3.05) is 6.61 Å². The molecule has 0 aliphatic carbocycles. The lowest BCUT2D eigenvalue weighted by molar-refractivity contribution is -0.121. The number of aromatic nitrogens is 2. The fraction of sp³-hybridized carbons (Fsp3) is 0.636.